The molecule has 0 aliphatic heterocycles. The summed E-state index contributed by atoms with van der Waals surface area (Å²) in [5.74, 6) is 0.517. The van der Waals surface area contributed by atoms with E-state index in [1.807, 2.05) is 13.1 Å². The van der Waals surface area contributed by atoms with Crippen molar-refractivity contribution in [1.82, 2.24) is 9.78 Å². The van der Waals surface area contributed by atoms with E-state index in [1.165, 1.54) is 0 Å². The quantitative estimate of drug-likeness (QED) is 0.873. The molecule has 0 amide bonds. The minimum atomic E-state index is -1.12. The third-order valence-electron chi connectivity index (χ3n) is 2.67. The van der Waals surface area contributed by atoms with Crippen LogP contribution in [0.5, 0.6) is 0 Å². The normalized spacial score (nSPS) is 12.6. The molecule has 2 rings (SSSR count). The lowest BCUT2D eigenvalue weighted by molar-refractivity contribution is 0.678. The van der Waals surface area contributed by atoms with E-state index in [-0.39, 0.29) is 0 Å². The van der Waals surface area contributed by atoms with Crippen LogP contribution in [0, 0.1) is 0 Å². The van der Waals surface area contributed by atoms with Crippen LogP contribution in [0.2, 0.25) is 5.02 Å². The standard InChI is InChI=1S/C12H14ClN3OS/c1-16-10(4-6-15-16)5-7-18(17)12-3-2-9(14)8-11(12)13/h2-4,6,8H,5,7,14H2,1H3. The van der Waals surface area contributed by atoms with Crippen LogP contribution in [0.1, 0.15) is 5.69 Å². The minimum absolute atomic E-state index is 0.457. The average molecular weight is 284 g/mol. The van der Waals surface area contributed by atoms with Crippen molar-refractivity contribution in [2.24, 2.45) is 7.05 Å². The van der Waals surface area contributed by atoms with Gasteiger partial charge in [-0.25, -0.2) is 0 Å². The number of nitrogens with two attached hydrogens (primary N) is 1. The van der Waals surface area contributed by atoms with E-state index in [9.17, 15) is 4.21 Å². The molecular formula is C12H14ClN3OS. The number of hydrogen-bond acceptors (Lipinski definition) is 3. The molecule has 4 nitrogen and oxygen atoms in total. The molecule has 0 radical (unpaired) electrons. The number of aryl methyl sites for hydroxylation is 2. The zero-order chi connectivity index (χ0) is 13.1. The van der Waals surface area contributed by atoms with Gasteiger partial charge in [-0.3, -0.25) is 8.89 Å². The molecule has 0 fully saturated rings. The van der Waals surface area contributed by atoms with Gasteiger partial charge in [0.2, 0.25) is 0 Å². The zero-order valence-corrected chi connectivity index (χ0v) is 11.5. The van der Waals surface area contributed by atoms with Crippen LogP contribution in [0.4, 0.5) is 5.69 Å². The summed E-state index contributed by atoms with van der Waals surface area (Å²) >= 11 is 6.03. The zero-order valence-electron chi connectivity index (χ0n) is 9.97. The molecule has 2 N–H and O–H groups in total. The van der Waals surface area contributed by atoms with Gasteiger partial charge in [0.05, 0.1) is 20.7 Å². The Bertz CT molecular complexity index is 582. The predicted molar refractivity (Wildman–Crippen MR) is 74.1 cm³/mol. The highest BCUT2D eigenvalue weighted by Crippen LogP contribution is 2.22. The number of aromatic nitrogens is 2. The van der Waals surface area contributed by atoms with Gasteiger partial charge in [-0.1, -0.05) is 11.6 Å². The van der Waals surface area contributed by atoms with E-state index in [1.54, 1.807) is 29.1 Å². The number of rotatable bonds is 4. The number of hydrogen-bond donors (Lipinski definition) is 1. The first-order chi connectivity index (χ1) is 8.58. The first-order valence-corrected chi connectivity index (χ1v) is 7.18. The Kier molecular flexibility index (Phi) is 4.04. The summed E-state index contributed by atoms with van der Waals surface area (Å²) in [5, 5.41) is 4.53. The molecule has 1 heterocycles. The summed E-state index contributed by atoms with van der Waals surface area (Å²) in [6, 6.07) is 6.97. The van der Waals surface area contributed by atoms with Gasteiger partial charge < -0.3 is 5.73 Å². The van der Waals surface area contributed by atoms with Crippen molar-refractivity contribution in [3.05, 3.63) is 41.2 Å². The van der Waals surface area contributed by atoms with E-state index in [2.05, 4.69) is 5.10 Å². The fourth-order valence-electron chi connectivity index (χ4n) is 1.66. The van der Waals surface area contributed by atoms with E-state index in [0.717, 1.165) is 5.69 Å². The highest BCUT2D eigenvalue weighted by Gasteiger charge is 2.10. The van der Waals surface area contributed by atoms with Crippen LogP contribution in [0.3, 0.4) is 0 Å². The van der Waals surface area contributed by atoms with Gasteiger partial charge >= 0.3 is 0 Å². The van der Waals surface area contributed by atoms with Crippen LogP contribution in [-0.4, -0.2) is 19.7 Å². The Balaban J connectivity index is 2.06. The molecule has 0 saturated carbocycles. The second kappa shape index (κ2) is 5.54. The molecule has 1 atom stereocenters. The summed E-state index contributed by atoms with van der Waals surface area (Å²) in [6.07, 6.45) is 2.43. The largest absolute Gasteiger partial charge is 0.399 e. The maximum Gasteiger partial charge on any atom is 0.0587 e. The van der Waals surface area contributed by atoms with Crippen LogP contribution >= 0.6 is 11.6 Å². The van der Waals surface area contributed by atoms with E-state index >= 15 is 0 Å². The number of halogens is 1. The summed E-state index contributed by atoms with van der Waals surface area (Å²) in [5.41, 5.74) is 7.23. The van der Waals surface area contributed by atoms with Crippen molar-refractivity contribution in [3.63, 3.8) is 0 Å². The van der Waals surface area contributed by atoms with Crippen molar-refractivity contribution in [1.29, 1.82) is 0 Å². The summed E-state index contributed by atoms with van der Waals surface area (Å²) < 4.78 is 13.9. The van der Waals surface area contributed by atoms with Crippen LogP contribution in [-0.2, 0) is 24.3 Å². The van der Waals surface area contributed by atoms with Crippen molar-refractivity contribution < 1.29 is 4.21 Å². The summed E-state index contributed by atoms with van der Waals surface area (Å²) in [7, 11) is 0.745. The van der Waals surface area contributed by atoms with Gasteiger partial charge in [-0.2, -0.15) is 5.10 Å². The Hall–Kier alpha value is -1.33. The Morgan fingerprint density at radius 1 is 1.44 bits per heavy atom. The monoisotopic (exact) mass is 283 g/mol. The van der Waals surface area contributed by atoms with Crippen LogP contribution in [0.25, 0.3) is 0 Å². The second-order valence-electron chi connectivity index (χ2n) is 3.94. The fraction of sp³-hybridized carbons (Fsp3) is 0.250. The molecule has 1 unspecified atom stereocenters. The lowest BCUT2D eigenvalue weighted by Crippen LogP contribution is -2.06. The molecule has 0 saturated heterocycles. The first kappa shape index (κ1) is 13.1. The SMILES string of the molecule is Cn1nccc1CCS(=O)c1ccc(N)cc1Cl. The highest BCUT2D eigenvalue weighted by molar-refractivity contribution is 7.85. The Morgan fingerprint density at radius 2 is 2.22 bits per heavy atom. The van der Waals surface area contributed by atoms with E-state index in [0.29, 0.717) is 27.8 Å². The summed E-state index contributed by atoms with van der Waals surface area (Å²) in [6.45, 7) is 0. The van der Waals surface area contributed by atoms with Gasteiger partial charge in [0.15, 0.2) is 0 Å². The second-order valence-corrected chi connectivity index (χ2v) is 5.88. The molecule has 0 aliphatic carbocycles. The molecular weight excluding hydrogens is 270 g/mol. The Labute approximate surface area is 113 Å². The van der Waals surface area contributed by atoms with Gasteiger partial charge in [0.1, 0.15) is 0 Å². The first-order valence-electron chi connectivity index (χ1n) is 5.48. The molecule has 1 aromatic heterocycles. The summed E-state index contributed by atoms with van der Waals surface area (Å²) in [4.78, 5) is 0.632. The minimum Gasteiger partial charge on any atom is -0.399 e. The molecule has 0 spiro atoms. The maximum atomic E-state index is 12.1. The predicted octanol–water partition coefficient (Wildman–Crippen LogP) is 2.01. The average Bonchev–Trinajstić information content (AvgIpc) is 2.72. The molecule has 0 aliphatic rings. The molecule has 0 bridgehead atoms. The lowest BCUT2D eigenvalue weighted by atomic mass is 10.3. The smallest absolute Gasteiger partial charge is 0.0587 e. The van der Waals surface area contributed by atoms with Gasteiger partial charge in [0, 0.05) is 36.8 Å². The third-order valence-corrected chi connectivity index (χ3v) is 4.51. The van der Waals surface area contributed by atoms with Gasteiger partial charge in [-0.05, 0) is 24.3 Å². The number of nitrogens with zero attached hydrogens (tertiary/aromatic N) is 2. The number of nitrogen functional groups attached to an aromatic ring is 1. The van der Waals surface area contributed by atoms with Crippen molar-refractivity contribution in [2.75, 3.05) is 11.5 Å². The fourth-order valence-corrected chi connectivity index (χ4v) is 3.21. The van der Waals surface area contributed by atoms with Crippen LogP contribution < -0.4 is 5.73 Å². The van der Waals surface area contributed by atoms with Crippen molar-refractivity contribution >= 4 is 28.1 Å². The number of benzene rings is 1. The maximum absolute atomic E-state index is 12.1. The Morgan fingerprint density at radius 3 is 2.83 bits per heavy atom. The third kappa shape index (κ3) is 2.91. The van der Waals surface area contributed by atoms with E-state index in [4.69, 9.17) is 17.3 Å². The molecule has 18 heavy (non-hydrogen) atoms. The molecule has 2 aromatic rings. The molecule has 6 heteroatoms. The molecule has 1 aromatic carbocycles. The van der Waals surface area contributed by atoms with Crippen molar-refractivity contribution in [2.45, 2.75) is 11.3 Å². The number of anilines is 1. The van der Waals surface area contributed by atoms with E-state index < -0.39 is 10.8 Å². The topological polar surface area (TPSA) is 60.9 Å². The van der Waals surface area contributed by atoms with Crippen molar-refractivity contribution in [3.8, 4) is 0 Å². The molecule has 96 valence electrons. The van der Waals surface area contributed by atoms with Crippen LogP contribution in [0.15, 0.2) is 35.4 Å². The van der Waals surface area contributed by atoms with Gasteiger partial charge in [0.25, 0.3) is 0 Å². The highest BCUT2D eigenvalue weighted by atomic mass is 35.5. The lowest BCUT2D eigenvalue weighted by Gasteiger charge is -2.06. The van der Waals surface area contributed by atoms with Gasteiger partial charge in [-0.15, -0.1) is 0 Å².